The maximum atomic E-state index is 12.0. The summed E-state index contributed by atoms with van der Waals surface area (Å²) >= 11 is 1.44. The summed E-state index contributed by atoms with van der Waals surface area (Å²) in [5.41, 5.74) is 5.11. The zero-order chi connectivity index (χ0) is 17.8. The Morgan fingerprint density at radius 2 is 1.78 bits per heavy atom. The standard InChI is InChI=1S/C12H22N4O6S/c1-23-3-2-7(11(21)14-5-10(19)20)16-12(22)8(6-17)15-9(18)4-13/h7-8,17H,2-6,13H2,1H3,(H,14,21)(H,15,18)(H,16,22)(H,19,20). The molecule has 0 bridgehead atoms. The molecule has 0 aromatic rings. The highest BCUT2D eigenvalue weighted by molar-refractivity contribution is 7.98. The van der Waals surface area contributed by atoms with Crippen molar-refractivity contribution < 1.29 is 29.4 Å². The zero-order valence-electron chi connectivity index (χ0n) is 12.7. The fourth-order valence-electron chi connectivity index (χ4n) is 1.51. The summed E-state index contributed by atoms with van der Waals surface area (Å²) in [4.78, 5) is 45.6. The number of nitrogens with two attached hydrogens (primary N) is 1. The van der Waals surface area contributed by atoms with Crippen molar-refractivity contribution in [2.75, 3.05) is 31.7 Å². The van der Waals surface area contributed by atoms with Crippen LogP contribution in [0, 0.1) is 0 Å². The number of thioether (sulfide) groups is 1. The van der Waals surface area contributed by atoms with Crippen molar-refractivity contribution in [3.8, 4) is 0 Å². The molecule has 0 spiro atoms. The number of carbonyl (C=O) groups is 4. The van der Waals surface area contributed by atoms with Crippen LogP contribution in [0.2, 0.25) is 0 Å². The van der Waals surface area contributed by atoms with E-state index in [1.54, 1.807) is 0 Å². The Morgan fingerprint density at radius 1 is 1.13 bits per heavy atom. The maximum Gasteiger partial charge on any atom is 0.322 e. The van der Waals surface area contributed by atoms with Crippen LogP contribution < -0.4 is 21.7 Å². The van der Waals surface area contributed by atoms with Gasteiger partial charge in [0, 0.05) is 0 Å². The summed E-state index contributed by atoms with van der Waals surface area (Å²) in [6, 6.07) is -2.21. The van der Waals surface area contributed by atoms with Gasteiger partial charge in [0.15, 0.2) is 0 Å². The highest BCUT2D eigenvalue weighted by Crippen LogP contribution is 2.02. The first kappa shape index (κ1) is 21.1. The number of aliphatic hydroxyl groups excluding tert-OH is 1. The maximum absolute atomic E-state index is 12.0. The van der Waals surface area contributed by atoms with Crippen molar-refractivity contribution >= 4 is 35.5 Å². The van der Waals surface area contributed by atoms with Gasteiger partial charge in [-0.25, -0.2) is 0 Å². The molecule has 0 aromatic carbocycles. The number of carboxylic acids is 1. The Labute approximate surface area is 137 Å². The molecule has 0 aliphatic heterocycles. The van der Waals surface area contributed by atoms with Gasteiger partial charge in [-0.2, -0.15) is 11.8 Å². The first-order chi connectivity index (χ1) is 10.8. The summed E-state index contributed by atoms with van der Waals surface area (Å²) in [5.74, 6) is -2.71. The molecule has 0 rings (SSSR count). The third-order valence-electron chi connectivity index (χ3n) is 2.68. The average Bonchev–Trinajstić information content (AvgIpc) is 2.53. The first-order valence-electron chi connectivity index (χ1n) is 6.74. The molecule has 0 saturated heterocycles. The highest BCUT2D eigenvalue weighted by atomic mass is 32.2. The zero-order valence-corrected chi connectivity index (χ0v) is 13.5. The molecule has 23 heavy (non-hydrogen) atoms. The summed E-state index contributed by atoms with van der Waals surface area (Å²) < 4.78 is 0. The monoisotopic (exact) mass is 350 g/mol. The number of aliphatic carboxylic acids is 1. The van der Waals surface area contributed by atoms with E-state index in [9.17, 15) is 19.2 Å². The number of hydrogen-bond donors (Lipinski definition) is 6. The Bertz CT molecular complexity index is 434. The molecule has 11 heteroatoms. The van der Waals surface area contributed by atoms with Gasteiger partial charge in [0.2, 0.25) is 17.7 Å². The van der Waals surface area contributed by atoms with E-state index in [4.69, 9.17) is 15.9 Å². The van der Waals surface area contributed by atoms with Gasteiger partial charge in [-0.15, -0.1) is 0 Å². The summed E-state index contributed by atoms with van der Waals surface area (Å²) in [6.45, 7) is -1.58. The summed E-state index contributed by atoms with van der Waals surface area (Å²) in [5, 5.41) is 24.5. The molecular weight excluding hydrogens is 328 g/mol. The van der Waals surface area contributed by atoms with Crippen LogP contribution in [0.5, 0.6) is 0 Å². The number of hydrogen-bond acceptors (Lipinski definition) is 7. The smallest absolute Gasteiger partial charge is 0.322 e. The second-order valence-corrected chi connectivity index (χ2v) is 5.45. The molecule has 10 nitrogen and oxygen atoms in total. The first-order valence-corrected chi connectivity index (χ1v) is 8.14. The van der Waals surface area contributed by atoms with E-state index in [2.05, 4.69) is 16.0 Å². The van der Waals surface area contributed by atoms with Crippen LogP contribution in [0.3, 0.4) is 0 Å². The van der Waals surface area contributed by atoms with Gasteiger partial charge < -0.3 is 31.9 Å². The van der Waals surface area contributed by atoms with Crippen LogP contribution in [-0.2, 0) is 19.2 Å². The molecule has 7 N–H and O–H groups in total. The Morgan fingerprint density at radius 3 is 2.26 bits per heavy atom. The van der Waals surface area contributed by atoms with E-state index < -0.39 is 48.9 Å². The third-order valence-corrected chi connectivity index (χ3v) is 3.32. The molecule has 0 aromatic heterocycles. The van der Waals surface area contributed by atoms with E-state index >= 15 is 0 Å². The third kappa shape index (κ3) is 9.01. The predicted molar refractivity (Wildman–Crippen MR) is 83.6 cm³/mol. The van der Waals surface area contributed by atoms with Crippen molar-refractivity contribution in [1.29, 1.82) is 0 Å². The van der Waals surface area contributed by atoms with Crippen molar-refractivity contribution in [3.05, 3.63) is 0 Å². The van der Waals surface area contributed by atoms with Crippen LogP contribution in [0.1, 0.15) is 6.42 Å². The molecule has 132 valence electrons. The lowest BCUT2D eigenvalue weighted by Crippen LogP contribution is -2.56. The fourth-order valence-corrected chi connectivity index (χ4v) is 1.98. The summed E-state index contributed by atoms with van der Waals surface area (Å²) in [7, 11) is 0. The van der Waals surface area contributed by atoms with Gasteiger partial charge in [-0.3, -0.25) is 19.2 Å². The minimum atomic E-state index is -1.24. The normalized spacial score (nSPS) is 12.8. The van der Waals surface area contributed by atoms with Crippen molar-refractivity contribution in [1.82, 2.24) is 16.0 Å². The number of carbonyl (C=O) groups excluding carboxylic acids is 3. The average molecular weight is 350 g/mol. The van der Waals surface area contributed by atoms with E-state index in [0.717, 1.165) is 0 Å². The fraction of sp³-hybridized carbons (Fsp3) is 0.667. The van der Waals surface area contributed by atoms with Crippen LogP contribution in [0.25, 0.3) is 0 Å². The molecule has 0 aliphatic rings. The molecule has 0 saturated carbocycles. The van der Waals surface area contributed by atoms with Crippen LogP contribution in [0.4, 0.5) is 0 Å². The highest BCUT2D eigenvalue weighted by Gasteiger charge is 2.26. The number of nitrogens with one attached hydrogen (secondary N) is 3. The van der Waals surface area contributed by atoms with Gasteiger partial charge in [0.05, 0.1) is 13.2 Å². The largest absolute Gasteiger partial charge is 0.480 e. The van der Waals surface area contributed by atoms with Crippen molar-refractivity contribution in [3.63, 3.8) is 0 Å². The molecule has 2 atom stereocenters. The SMILES string of the molecule is CSCCC(NC(=O)C(CO)NC(=O)CN)C(=O)NCC(=O)O. The van der Waals surface area contributed by atoms with Gasteiger partial charge >= 0.3 is 5.97 Å². The Hall–Kier alpha value is -1.85. The minimum absolute atomic E-state index is 0.265. The minimum Gasteiger partial charge on any atom is -0.480 e. The molecule has 0 fully saturated rings. The Kier molecular flexibility index (Phi) is 10.7. The lowest BCUT2D eigenvalue weighted by molar-refractivity contribution is -0.138. The molecule has 0 aliphatic carbocycles. The molecule has 3 amide bonds. The second kappa shape index (κ2) is 11.7. The van der Waals surface area contributed by atoms with Crippen LogP contribution in [0.15, 0.2) is 0 Å². The second-order valence-electron chi connectivity index (χ2n) is 4.46. The lowest BCUT2D eigenvalue weighted by Gasteiger charge is -2.21. The molecule has 0 radical (unpaired) electrons. The Balaban J connectivity index is 4.77. The van der Waals surface area contributed by atoms with Gasteiger partial charge in [0.25, 0.3) is 0 Å². The number of amides is 3. The molecule has 0 heterocycles. The van der Waals surface area contributed by atoms with Crippen LogP contribution in [-0.4, -0.2) is 77.7 Å². The topological polar surface area (TPSA) is 171 Å². The lowest BCUT2D eigenvalue weighted by atomic mass is 10.2. The number of rotatable bonds is 11. The van der Waals surface area contributed by atoms with E-state index in [1.807, 2.05) is 6.26 Å². The molecule has 2 unspecified atom stereocenters. The quantitative estimate of drug-likeness (QED) is 0.227. The van der Waals surface area contributed by atoms with Gasteiger partial charge in [-0.05, 0) is 18.4 Å². The number of carboxylic acid groups (broad SMARTS) is 1. The van der Waals surface area contributed by atoms with Crippen molar-refractivity contribution in [2.45, 2.75) is 18.5 Å². The molecular formula is C12H22N4O6S. The number of aliphatic hydroxyl groups is 1. The van der Waals surface area contributed by atoms with Crippen molar-refractivity contribution in [2.24, 2.45) is 5.73 Å². The van der Waals surface area contributed by atoms with Gasteiger partial charge in [0.1, 0.15) is 18.6 Å². The van der Waals surface area contributed by atoms with Gasteiger partial charge in [-0.1, -0.05) is 0 Å². The predicted octanol–water partition coefficient (Wildman–Crippen LogP) is -3.14. The van der Waals surface area contributed by atoms with Crippen LogP contribution >= 0.6 is 11.8 Å². The van der Waals surface area contributed by atoms with E-state index in [1.165, 1.54) is 11.8 Å². The van der Waals surface area contributed by atoms with E-state index in [0.29, 0.717) is 5.75 Å². The van der Waals surface area contributed by atoms with E-state index in [-0.39, 0.29) is 13.0 Å². The summed E-state index contributed by atoms with van der Waals surface area (Å²) in [6.07, 6.45) is 2.08.